The number of nitrogens with one attached hydrogen (secondary N) is 1. The zero-order valence-electron chi connectivity index (χ0n) is 9.19. The molecule has 0 aromatic heterocycles. The number of likely N-dealkylation sites (N-methyl/N-ethyl adjacent to an activating group) is 1. The van der Waals surface area contributed by atoms with E-state index in [1.165, 1.54) is 19.1 Å². The summed E-state index contributed by atoms with van der Waals surface area (Å²) in [5, 5.41) is 30.6. The van der Waals surface area contributed by atoms with E-state index < -0.39 is 11.5 Å². The van der Waals surface area contributed by atoms with Crippen molar-refractivity contribution in [1.82, 2.24) is 5.32 Å². The van der Waals surface area contributed by atoms with Gasteiger partial charge >= 0.3 is 5.97 Å². The predicted molar refractivity (Wildman–Crippen MR) is 58.4 cm³/mol. The van der Waals surface area contributed by atoms with Gasteiger partial charge in [-0.1, -0.05) is 6.92 Å². The van der Waals surface area contributed by atoms with Crippen LogP contribution in [0, 0.1) is 0 Å². The van der Waals surface area contributed by atoms with Crippen molar-refractivity contribution in [3.05, 3.63) is 23.8 Å². The third-order valence-corrected chi connectivity index (χ3v) is 2.44. The first-order valence-electron chi connectivity index (χ1n) is 4.92. The highest BCUT2D eigenvalue weighted by Gasteiger charge is 2.34. The Morgan fingerprint density at radius 3 is 2.19 bits per heavy atom. The molecule has 0 aliphatic carbocycles. The van der Waals surface area contributed by atoms with Gasteiger partial charge in [0.2, 0.25) is 0 Å². The minimum atomic E-state index is -1.33. The second-order valence-corrected chi connectivity index (χ2v) is 3.70. The van der Waals surface area contributed by atoms with Crippen LogP contribution in [0.5, 0.6) is 11.5 Å². The molecule has 5 heteroatoms. The lowest BCUT2D eigenvalue weighted by Gasteiger charge is -2.26. The van der Waals surface area contributed by atoms with Crippen LogP contribution in [0.25, 0.3) is 0 Å². The Balaban J connectivity index is 3.25. The second kappa shape index (κ2) is 4.40. The Kier molecular flexibility index (Phi) is 3.39. The van der Waals surface area contributed by atoms with Crippen LogP contribution in [-0.2, 0) is 10.3 Å². The van der Waals surface area contributed by atoms with Crippen molar-refractivity contribution in [3.8, 4) is 11.5 Å². The number of hydrogen-bond donors (Lipinski definition) is 4. The topological polar surface area (TPSA) is 89.8 Å². The van der Waals surface area contributed by atoms with Gasteiger partial charge in [-0.15, -0.1) is 0 Å². The third kappa shape index (κ3) is 2.25. The van der Waals surface area contributed by atoms with Gasteiger partial charge in [0.15, 0.2) is 0 Å². The number of aromatic hydroxyl groups is 2. The van der Waals surface area contributed by atoms with Gasteiger partial charge < -0.3 is 15.3 Å². The highest BCUT2D eigenvalue weighted by Crippen LogP contribution is 2.28. The van der Waals surface area contributed by atoms with Gasteiger partial charge in [-0.25, -0.2) is 4.79 Å². The smallest absolute Gasteiger partial charge is 0.328 e. The van der Waals surface area contributed by atoms with Gasteiger partial charge in [-0.05, 0) is 31.2 Å². The van der Waals surface area contributed by atoms with Gasteiger partial charge in [0.1, 0.15) is 17.0 Å². The van der Waals surface area contributed by atoms with Crippen molar-refractivity contribution in [2.24, 2.45) is 0 Å². The first-order valence-corrected chi connectivity index (χ1v) is 4.92. The fraction of sp³-hybridized carbons (Fsp3) is 0.364. The van der Waals surface area contributed by atoms with E-state index in [0.717, 1.165) is 6.07 Å². The summed E-state index contributed by atoms with van der Waals surface area (Å²) in [7, 11) is 0. The van der Waals surface area contributed by atoms with E-state index in [2.05, 4.69) is 5.32 Å². The summed E-state index contributed by atoms with van der Waals surface area (Å²) >= 11 is 0. The van der Waals surface area contributed by atoms with Gasteiger partial charge in [0, 0.05) is 6.07 Å². The molecule has 0 aliphatic heterocycles. The SMILES string of the molecule is CCNC(C)(C(=O)O)c1cc(O)cc(O)c1. The molecular weight excluding hydrogens is 210 g/mol. The van der Waals surface area contributed by atoms with Crippen molar-refractivity contribution in [3.63, 3.8) is 0 Å². The number of phenols is 2. The summed E-state index contributed by atoms with van der Waals surface area (Å²) in [5.74, 6) is -1.40. The number of rotatable bonds is 4. The molecule has 0 aliphatic rings. The Bertz CT molecular complexity index is 385. The Labute approximate surface area is 93.4 Å². The van der Waals surface area contributed by atoms with Gasteiger partial charge in [-0.3, -0.25) is 5.32 Å². The van der Waals surface area contributed by atoms with Gasteiger partial charge in [-0.2, -0.15) is 0 Å². The summed E-state index contributed by atoms with van der Waals surface area (Å²) in [6.07, 6.45) is 0. The maximum absolute atomic E-state index is 11.2. The van der Waals surface area contributed by atoms with Crippen LogP contribution >= 0.6 is 0 Å². The molecule has 0 bridgehead atoms. The first kappa shape index (κ1) is 12.3. The van der Waals surface area contributed by atoms with Crippen LogP contribution < -0.4 is 5.32 Å². The normalized spacial score (nSPS) is 14.4. The molecule has 1 aromatic rings. The molecule has 1 aromatic carbocycles. The van der Waals surface area contributed by atoms with Crippen molar-refractivity contribution in [2.45, 2.75) is 19.4 Å². The summed E-state index contributed by atoms with van der Waals surface area (Å²) in [4.78, 5) is 11.2. The summed E-state index contributed by atoms with van der Waals surface area (Å²) in [6, 6.07) is 3.78. The Morgan fingerprint density at radius 1 is 1.31 bits per heavy atom. The molecule has 0 spiro atoms. The average molecular weight is 225 g/mol. The quantitative estimate of drug-likeness (QED) is 0.614. The van der Waals surface area contributed by atoms with E-state index in [1.807, 2.05) is 0 Å². The largest absolute Gasteiger partial charge is 0.508 e. The van der Waals surface area contributed by atoms with Crippen molar-refractivity contribution < 1.29 is 20.1 Å². The van der Waals surface area contributed by atoms with E-state index in [1.54, 1.807) is 6.92 Å². The Morgan fingerprint density at radius 2 is 1.81 bits per heavy atom. The zero-order valence-corrected chi connectivity index (χ0v) is 9.19. The van der Waals surface area contributed by atoms with E-state index >= 15 is 0 Å². The van der Waals surface area contributed by atoms with E-state index in [9.17, 15) is 20.1 Å². The minimum absolute atomic E-state index is 0.166. The van der Waals surface area contributed by atoms with E-state index in [4.69, 9.17) is 0 Å². The molecule has 5 nitrogen and oxygen atoms in total. The predicted octanol–water partition coefficient (Wildman–Crippen LogP) is 1.01. The fourth-order valence-corrected chi connectivity index (χ4v) is 1.54. The molecule has 0 amide bonds. The van der Waals surface area contributed by atoms with Crippen LogP contribution in [0.15, 0.2) is 18.2 Å². The van der Waals surface area contributed by atoms with Crippen molar-refractivity contribution >= 4 is 5.97 Å². The lowest BCUT2D eigenvalue weighted by atomic mass is 9.91. The molecule has 88 valence electrons. The molecule has 4 N–H and O–H groups in total. The van der Waals surface area contributed by atoms with Crippen molar-refractivity contribution in [2.75, 3.05) is 6.54 Å². The molecule has 0 saturated carbocycles. The maximum atomic E-state index is 11.2. The number of carboxylic acid groups (broad SMARTS) is 1. The summed E-state index contributed by atoms with van der Waals surface area (Å²) < 4.78 is 0. The number of carboxylic acids is 1. The number of hydrogen-bond acceptors (Lipinski definition) is 4. The highest BCUT2D eigenvalue weighted by molar-refractivity contribution is 5.80. The van der Waals surface area contributed by atoms with Crippen molar-refractivity contribution in [1.29, 1.82) is 0 Å². The fourth-order valence-electron chi connectivity index (χ4n) is 1.54. The monoisotopic (exact) mass is 225 g/mol. The number of carbonyl (C=O) groups is 1. The van der Waals surface area contributed by atoms with Crippen LogP contribution in [0.3, 0.4) is 0 Å². The Hall–Kier alpha value is -1.75. The second-order valence-electron chi connectivity index (χ2n) is 3.70. The minimum Gasteiger partial charge on any atom is -0.508 e. The van der Waals surface area contributed by atoms with Gasteiger partial charge in [0.25, 0.3) is 0 Å². The van der Waals surface area contributed by atoms with Crippen LogP contribution in [0.1, 0.15) is 19.4 Å². The molecule has 0 fully saturated rings. The number of aliphatic carboxylic acids is 1. The first-order chi connectivity index (χ1) is 7.40. The third-order valence-electron chi connectivity index (χ3n) is 2.44. The molecule has 0 saturated heterocycles. The lowest BCUT2D eigenvalue weighted by Crippen LogP contribution is -2.46. The van der Waals surface area contributed by atoms with Gasteiger partial charge in [0.05, 0.1) is 0 Å². The maximum Gasteiger partial charge on any atom is 0.328 e. The number of phenolic OH excluding ortho intramolecular Hbond substituents is 2. The lowest BCUT2D eigenvalue weighted by molar-refractivity contribution is -0.144. The molecule has 1 atom stereocenters. The molecule has 16 heavy (non-hydrogen) atoms. The average Bonchev–Trinajstić information content (AvgIpc) is 2.16. The standard InChI is InChI=1S/C11H15NO4/c1-3-12-11(2,10(15)16)7-4-8(13)6-9(14)5-7/h4-6,12-14H,3H2,1-2H3,(H,15,16). The molecule has 1 unspecified atom stereocenters. The summed E-state index contributed by atoms with van der Waals surface area (Å²) in [5.41, 5.74) is -1.02. The molecule has 0 heterocycles. The van der Waals surface area contributed by atoms with Crippen LogP contribution in [0.4, 0.5) is 0 Å². The van der Waals surface area contributed by atoms with E-state index in [-0.39, 0.29) is 11.5 Å². The highest BCUT2D eigenvalue weighted by atomic mass is 16.4. The zero-order chi connectivity index (χ0) is 12.3. The van der Waals surface area contributed by atoms with Crippen LogP contribution in [-0.4, -0.2) is 27.8 Å². The van der Waals surface area contributed by atoms with Crippen LogP contribution in [0.2, 0.25) is 0 Å². The molecule has 1 rings (SSSR count). The summed E-state index contributed by atoms with van der Waals surface area (Å²) in [6.45, 7) is 3.72. The molecular formula is C11H15NO4. The molecule has 0 radical (unpaired) electrons. The van der Waals surface area contributed by atoms with E-state index in [0.29, 0.717) is 12.1 Å². The number of benzene rings is 1.